The van der Waals surface area contributed by atoms with E-state index in [0.29, 0.717) is 25.3 Å². The molecule has 20 heavy (non-hydrogen) atoms. The molecule has 2 atom stereocenters. The minimum atomic E-state index is 0.365. The Morgan fingerprint density at radius 3 is 2.50 bits per heavy atom. The third-order valence-electron chi connectivity index (χ3n) is 4.11. The van der Waals surface area contributed by atoms with Crippen LogP contribution in [0.1, 0.15) is 24.0 Å². The van der Waals surface area contributed by atoms with E-state index in [2.05, 4.69) is 29.2 Å². The second-order valence-corrected chi connectivity index (χ2v) is 5.49. The van der Waals surface area contributed by atoms with E-state index in [-0.39, 0.29) is 0 Å². The van der Waals surface area contributed by atoms with Crippen LogP contribution in [-0.2, 0) is 22.6 Å². The van der Waals surface area contributed by atoms with Gasteiger partial charge in [-0.15, -0.1) is 0 Å². The number of nitrogens with two attached hydrogens (primary N) is 1. The quantitative estimate of drug-likeness (QED) is 0.861. The Bertz CT molecular complexity index is 394. The molecule has 0 spiro atoms. The summed E-state index contributed by atoms with van der Waals surface area (Å²) in [7, 11) is 3.52. The van der Waals surface area contributed by atoms with Gasteiger partial charge in [-0.05, 0) is 24.0 Å². The lowest BCUT2D eigenvalue weighted by molar-refractivity contribution is 0.0102. The Labute approximate surface area is 121 Å². The molecule has 1 heterocycles. The SMILES string of the molecule is COCc1ccc(CN2CCC(OC)CC2CN)cc1. The van der Waals surface area contributed by atoms with Crippen molar-refractivity contribution in [2.45, 2.75) is 38.1 Å². The minimum Gasteiger partial charge on any atom is -0.381 e. The summed E-state index contributed by atoms with van der Waals surface area (Å²) in [6, 6.07) is 9.07. The van der Waals surface area contributed by atoms with E-state index < -0.39 is 0 Å². The van der Waals surface area contributed by atoms with Gasteiger partial charge in [-0.25, -0.2) is 0 Å². The van der Waals surface area contributed by atoms with Crippen LogP contribution in [0.15, 0.2) is 24.3 Å². The molecule has 1 saturated heterocycles. The lowest BCUT2D eigenvalue weighted by atomic mass is 9.98. The van der Waals surface area contributed by atoms with Crippen molar-refractivity contribution in [3.8, 4) is 0 Å². The van der Waals surface area contributed by atoms with Crippen LogP contribution >= 0.6 is 0 Å². The molecule has 4 heteroatoms. The van der Waals surface area contributed by atoms with Crippen LogP contribution in [0, 0.1) is 0 Å². The molecular weight excluding hydrogens is 252 g/mol. The molecule has 1 aliphatic rings. The van der Waals surface area contributed by atoms with Crippen LogP contribution in [0.3, 0.4) is 0 Å². The number of benzene rings is 1. The van der Waals surface area contributed by atoms with Crippen molar-refractivity contribution in [1.82, 2.24) is 4.90 Å². The van der Waals surface area contributed by atoms with Crippen molar-refractivity contribution in [3.05, 3.63) is 35.4 Å². The summed E-state index contributed by atoms with van der Waals surface area (Å²) in [5.41, 5.74) is 8.46. The van der Waals surface area contributed by atoms with Crippen molar-refractivity contribution in [1.29, 1.82) is 0 Å². The first-order chi connectivity index (χ1) is 9.76. The number of hydrogen-bond acceptors (Lipinski definition) is 4. The molecule has 4 nitrogen and oxygen atoms in total. The lowest BCUT2D eigenvalue weighted by Crippen LogP contribution is -2.47. The highest BCUT2D eigenvalue weighted by Gasteiger charge is 2.27. The summed E-state index contributed by atoms with van der Waals surface area (Å²) in [5, 5.41) is 0. The minimum absolute atomic E-state index is 0.365. The van der Waals surface area contributed by atoms with Crippen LogP contribution in [0.2, 0.25) is 0 Å². The predicted octanol–water partition coefficient (Wildman–Crippen LogP) is 1.77. The third kappa shape index (κ3) is 4.03. The average molecular weight is 278 g/mol. The van der Waals surface area contributed by atoms with Crippen molar-refractivity contribution >= 4 is 0 Å². The summed E-state index contributed by atoms with van der Waals surface area (Å²) in [4.78, 5) is 2.47. The van der Waals surface area contributed by atoms with Crippen molar-refractivity contribution in [2.75, 3.05) is 27.3 Å². The molecule has 1 aromatic carbocycles. The Balaban J connectivity index is 1.94. The van der Waals surface area contributed by atoms with E-state index in [4.69, 9.17) is 15.2 Å². The smallest absolute Gasteiger partial charge is 0.0713 e. The molecule has 0 saturated carbocycles. The standard InChI is InChI=1S/C16H26N2O2/c1-19-12-14-5-3-13(4-6-14)11-18-8-7-16(20-2)9-15(18)10-17/h3-6,15-16H,7-12,17H2,1-2H3. The first-order valence-electron chi connectivity index (χ1n) is 7.30. The van der Waals surface area contributed by atoms with Gasteiger partial charge in [0.05, 0.1) is 12.7 Å². The number of ether oxygens (including phenoxy) is 2. The number of methoxy groups -OCH3 is 2. The number of rotatable bonds is 6. The Kier molecular flexibility index (Phi) is 5.98. The molecule has 0 amide bonds. The molecule has 2 rings (SSSR count). The molecule has 1 aliphatic heterocycles. The van der Waals surface area contributed by atoms with Gasteiger partial charge in [-0.2, -0.15) is 0 Å². The molecule has 0 radical (unpaired) electrons. The van der Waals surface area contributed by atoms with Gasteiger partial charge in [0.2, 0.25) is 0 Å². The molecule has 0 bridgehead atoms. The van der Waals surface area contributed by atoms with Gasteiger partial charge in [0, 0.05) is 39.9 Å². The van der Waals surface area contributed by atoms with Crippen LogP contribution in [0.25, 0.3) is 0 Å². The van der Waals surface area contributed by atoms with Crippen LogP contribution in [0.5, 0.6) is 0 Å². The number of nitrogens with zero attached hydrogens (tertiary/aromatic N) is 1. The van der Waals surface area contributed by atoms with Crippen LogP contribution < -0.4 is 5.73 Å². The monoisotopic (exact) mass is 278 g/mol. The normalized spacial score (nSPS) is 23.9. The fraction of sp³-hybridized carbons (Fsp3) is 0.625. The second kappa shape index (κ2) is 7.74. The van der Waals surface area contributed by atoms with Crippen LogP contribution in [-0.4, -0.2) is 44.4 Å². The van der Waals surface area contributed by atoms with Gasteiger partial charge < -0.3 is 15.2 Å². The fourth-order valence-electron chi connectivity index (χ4n) is 2.87. The Morgan fingerprint density at radius 2 is 1.90 bits per heavy atom. The van der Waals surface area contributed by atoms with Crippen LogP contribution in [0.4, 0.5) is 0 Å². The zero-order chi connectivity index (χ0) is 14.4. The number of hydrogen-bond donors (Lipinski definition) is 1. The largest absolute Gasteiger partial charge is 0.381 e. The van der Waals surface area contributed by atoms with Gasteiger partial charge in [0.15, 0.2) is 0 Å². The van der Waals surface area contributed by atoms with E-state index in [1.807, 2.05) is 0 Å². The van der Waals surface area contributed by atoms with E-state index >= 15 is 0 Å². The van der Waals surface area contributed by atoms with E-state index in [0.717, 1.165) is 25.9 Å². The summed E-state index contributed by atoms with van der Waals surface area (Å²) < 4.78 is 10.6. The molecule has 1 fully saturated rings. The van der Waals surface area contributed by atoms with Gasteiger partial charge in [-0.3, -0.25) is 4.90 Å². The summed E-state index contributed by atoms with van der Waals surface area (Å²) in [5.74, 6) is 0. The van der Waals surface area contributed by atoms with Gasteiger partial charge >= 0.3 is 0 Å². The Morgan fingerprint density at radius 1 is 1.20 bits per heavy atom. The molecule has 2 unspecified atom stereocenters. The molecular formula is C16H26N2O2. The molecule has 2 N–H and O–H groups in total. The highest BCUT2D eigenvalue weighted by atomic mass is 16.5. The summed E-state index contributed by atoms with van der Waals surface area (Å²) >= 11 is 0. The summed E-state index contributed by atoms with van der Waals surface area (Å²) in [6.07, 6.45) is 2.49. The van der Waals surface area contributed by atoms with Gasteiger partial charge in [0.25, 0.3) is 0 Å². The first kappa shape index (κ1) is 15.4. The number of likely N-dealkylation sites (tertiary alicyclic amines) is 1. The van der Waals surface area contributed by atoms with E-state index in [1.165, 1.54) is 11.1 Å². The van der Waals surface area contributed by atoms with Crippen molar-refractivity contribution in [3.63, 3.8) is 0 Å². The molecule has 0 aromatic heterocycles. The zero-order valence-electron chi connectivity index (χ0n) is 12.5. The highest BCUT2D eigenvalue weighted by molar-refractivity contribution is 5.22. The fourth-order valence-corrected chi connectivity index (χ4v) is 2.87. The molecule has 112 valence electrons. The first-order valence-corrected chi connectivity index (χ1v) is 7.30. The predicted molar refractivity (Wildman–Crippen MR) is 80.4 cm³/mol. The maximum absolute atomic E-state index is 5.91. The van der Waals surface area contributed by atoms with E-state index in [9.17, 15) is 0 Å². The Hall–Kier alpha value is -0.940. The zero-order valence-corrected chi connectivity index (χ0v) is 12.5. The molecule has 1 aromatic rings. The topological polar surface area (TPSA) is 47.7 Å². The maximum Gasteiger partial charge on any atom is 0.0713 e. The van der Waals surface area contributed by atoms with Crippen molar-refractivity contribution in [2.24, 2.45) is 5.73 Å². The maximum atomic E-state index is 5.91. The van der Waals surface area contributed by atoms with Gasteiger partial charge in [-0.1, -0.05) is 24.3 Å². The number of piperidine rings is 1. The van der Waals surface area contributed by atoms with E-state index in [1.54, 1.807) is 14.2 Å². The van der Waals surface area contributed by atoms with Crippen molar-refractivity contribution < 1.29 is 9.47 Å². The summed E-state index contributed by atoms with van der Waals surface area (Å²) in [6.45, 7) is 3.39. The molecule has 0 aliphatic carbocycles. The third-order valence-corrected chi connectivity index (χ3v) is 4.11. The highest BCUT2D eigenvalue weighted by Crippen LogP contribution is 2.21. The average Bonchev–Trinajstić information content (AvgIpc) is 2.50. The second-order valence-electron chi connectivity index (χ2n) is 5.49. The van der Waals surface area contributed by atoms with Gasteiger partial charge in [0.1, 0.15) is 0 Å². The lowest BCUT2D eigenvalue weighted by Gasteiger charge is -2.38.